The van der Waals surface area contributed by atoms with Gasteiger partial charge in [0.2, 0.25) is 10.0 Å². The Labute approximate surface area is 171 Å². The van der Waals surface area contributed by atoms with Crippen LogP contribution in [-0.4, -0.2) is 50.5 Å². The second-order valence-corrected chi connectivity index (χ2v) is 9.15. The number of ether oxygens (including phenoxy) is 1. The lowest BCUT2D eigenvalue weighted by Gasteiger charge is -2.31. The van der Waals surface area contributed by atoms with Gasteiger partial charge >= 0.3 is 5.97 Å². The molecule has 8 nitrogen and oxygen atoms in total. The molecule has 0 aromatic carbocycles. The number of aromatic nitrogens is 1. The molecule has 9 heteroatoms. The van der Waals surface area contributed by atoms with E-state index in [0.29, 0.717) is 17.9 Å². The van der Waals surface area contributed by atoms with Gasteiger partial charge in [-0.3, -0.25) is 4.90 Å². The number of sulfonamides is 1. The first-order valence-corrected chi connectivity index (χ1v) is 11.4. The standard InChI is InChI=1S/C20H29N3O5S/c1-4-27-20(24)18-14(2)22-15(3)19(18)29(25,26)21-12-16-7-9-23(10-8-16)13-17-6-5-11-28-17/h5-6,11,16,21-22H,4,7-10,12-13H2,1-3H3. The molecule has 3 rings (SSSR count). The molecule has 0 saturated carbocycles. The molecular formula is C20H29N3O5S. The lowest BCUT2D eigenvalue weighted by molar-refractivity contribution is 0.0521. The number of aryl methyl sites for hydroxylation is 2. The zero-order valence-corrected chi connectivity index (χ0v) is 18.0. The van der Waals surface area contributed by atoms with Crippen LogP contribution in [-0.2, 0) is 21.3 Å². The zero-order valence-electron chi connectivity index (χ0n) is 17.2. The molecule has 0 spiro atoms. The van der Waals surface area contributed by atoms with Crippen molar-refractivity contribution in [3.8, 4) is 0 Å². The molecule has 1 aliphatic heterocycles. The van der Waals surface area contributed by atoms with Crippen molar-refractivity contribution in [3.63, 3.8) is 0 Å². The summed E-state index contributed by atoms with van der Waals surface area (Å²) in [6, 6.07) is 3.84. The van der Waals surface area contributed by atoms with E-state index in [2.05, 4.69) is 14.6 Å². The maximum Gasteiger partial charge on any atom is 0.341 e. The normalized spacial score (nSPS) is 16.2. The SMILES string of the molecule is CCOC(=O)c1c(C)[nH]c(C)c1S(=O)(=O)NCC1CCN(Cc2ccco2)CC1. The molecule has 0 bridgehead atoms. The first kappa shape index (κ1) is 21.6. The number of nitrogens with zero attached hydrogens (tertiary/aromatic N) is 1. The fraction of sp³-hybridized carbons (Fsp3) is 0.550. The maximum absolute atomic E-state index is 13.0. The topological polar surface area (TPSA) is 105 Å². The third-order valence-corrected chi connectivity index (χ3v) is 6.89. The van der Waals surface area contributed by atoms with Gasteiger partial charge in [0.25, 0.3) is 0 Å². The van der Waals surface area contributed by atoms with Gasteiger partial charge in [0.1, 0.15) is 16.2 Å². The summed E-state index contributed by atoms with van der Waals surface area (Å²) in [5, 5.41) is 0. The highest BCUT2D eigenvalue weighted by molar-refractivity contribution is 7.89. The van der Waals surface area contributed by atoms with Crippen molar-refractivity contribution in [3.05, 3.63) is 41.1 Å². The van der Waals surface area contributed by atoms with Gasteiger partial charge < -0.3 is 14.1 Å². The number of rotatable bonds is 8. The number of esters is 1. The fourth-order valence-corrected chi connectivity index (χ4v) is 5.37. The van der Waals surface area contributed by atoms with Crippen LogP contribution in [0.15, 0.2) is 27.7 Å². The highest BCUT2D eigenvalue weighted by Crippen LogP contribution is 2.25. The summed E-state index contributed by atoms with van der Waals surface area (Å²) >= 11 is 0. The maximum atomic E-state index is 13.0. The van der Waals surface area contributed by atoms with E-state index in [1.54, 1.807) is 27.0 Å². The molecule has 0 radical (unpaired) electrons. The van der Waals surface area contributed by atoms with Crippen molar-refractivity contribution in [2.45, 2.75) is 45.1 Å². The molecule has 160 valence electrons. The van der Waals surface area contributed by atoms with E-state index in [1.807, 2.05) is 12.1 Å². The smallest absolute Gasteiger partial charge is 0.341 e. The summed E-state index contributed by atoms with van der Waals surface area (Å²) in [6.45, 7) is 8.11. The van der Waals surface area contributed by atoms with E-state index in [0.717, 1.165) is 38.2 Å². The van der Waals surface area contributed by atoms with Gasteiger partial charge in [-0.1, -0.05) is 0 Å². The largest absolute Gasteiger partial charge is 0.468 e. The average molecular weight is 424 g/mol. The fourth-order valence-electron chi connectivity index (χ4n) is 3.81. The van der Waals surface area contributed by atoms with Crippen LogP contribution in [0, 0.1) is 19.8 Å². The van der Waals surface area contributed by atoms with Gasteiger partial charge in [-0.2, -0.15) is 0 Å². The van der Waals surface area contributed by atoms with Crippen LogP contribution in [0.3, 0.4) is 0 Å². The van der Waals surface area contributed by atoms with E-state index in [1.165, 1.54) is 0 Å². The average Bonchev–Trinajstić information content (AvgIpc) is 3.28. The zero-order chi connectivity index (χ0) is 21.0. The van der Waals surface area contributed by atoms with Crippen LogP contribution in [0.25, 0.3) is 0 Å². The summed E-state index contributed by atoms with van der Waals surface area (Å²) in [5.74, 6) is 0.568. The summed E-state index contributed by atoms with van der Waals surface area (Å²) in [4.78, 5) is 17.5. The predicted octanol–water partition coefficient (Wildman–Crippen LogP) is 2.59. The molecule has 29 heavy (non-hydrogen) atoms. The second kappa shape index (κ2) is 9.15. The van der Waals surface area contributed by atoms with Crippen molar-refractivity contribution in [1.82, 2.24) is 14.6 Å². The van der Waals surface area contributed by atoms with Crippen LogP contribution in [0.5, 0.6) is 0 Å². The van der Waals surface area contributed by atoms with Gasteiger partial charge in [-0.25, -0.2) is 17.9 Å². The van der Waals surface area contributed by atoms with Crippen molar-refractivity contribution in [1.29, 1.82) is 0 Å². The van der Waals surface area contributed by atoms with Crippen molar-refractivity contribution < 1.29 is 22.4 Å². The number of carbonyl (C=O) groups is 1. The summed E-state index contributed by atoms with van der Waals surface area (Å²) in [5.41, 5.74) is 1.02. The van der Waals surface area contributed by atoms with Crippen LogP contribution in [0.2, 0.25) is 0 Å². The molecule has 0 atom stereocenters. The van der Waals surface area contributed by atoms with E-state index < -0.39 is 16.0 Å². The van der Waals surface area contributed by atoms with Gasteiger partial charge in [0.15, 0.2) is 0 Å². The van der Waals surface area contributed by atoms with E-state index >= 15 is 0 Å². The summed E-state index contributed by atoms with van der Waals surface area (Å²) < 4.78 is 39.0. The van der Waals surface area contributed by atoms with Gasteiger partial charge in [-0.15, -0.1) is 0 Å². The van der Waals surface area contributed by atoms with Crippen molar-refractivity contribution >= 4 is 16.0 Å². The number of nitrogens with one attached hydrogen (secondary N) is 2. The van der Waals surface area contributed by atoms with Crippen LogP contribution in [0.4, 0.5) is 0 Å². The third-order valence-electron chi connectivity index (χ3n) is 5.29. The molecule has 2 N–H and O–H groups in total. The molecule has 2 aromatic heterocycles. The Morgan fingerprint density at radius 3 is 2.66 bits per heavy atom. The Bertz CT molecular complexity index is 926. The van der Waals surface area contributed by atoms with E-state index in [4.69, 9.17) is 9.15 Å². The number of hydrogen-bond acceptors (Lipinski definition) is 6. The lowest BCUT2D eigenvalue weighted by Crippen LogP contribution is -2.38. The molecule has 3 heterocycles. The van der Waals surface area contributed by atoms with E-state index in [-0.39, 0.29) is 23.0 Å². The van der Waals surface area contributed by atoms with Crippen molar-refractivity contribution in [2.75, 3.05) is 26.2 Å². The third kappa shape index (κ3) is 5.09. The highest BCUT2D eigenvalue weighted by Gasteiger charge is 2.30. The Balaban J connectivity index is 1.60. The number of likely N-dealkylation sites (tertiary alicyclic amines) is 1. The molecular weight excluding hydrogens is 394 g/mol. The molecule has 0 unspecified atom stereocenters. The molecule has 1 saturated heterocycles. The predicted molar refractivity (Wildman–Crippen MR) is 108 cm³/mol. The van der Waals surface area contributed by atoms with Crippen LogP contribution in [0.1, 0.15) is 47.3 Å². The number of hydrogen-bond donors (Lipinski definition) is 2. The number of furan rings is 1. The lowest BCUT2D eigenvalue weighted by atomic mass is 9.97. The van der Waals surface area contributed by atoms with Crippen molar-refractivity contribution in [2.24, 2.45) is 5.92 Å². The van der Waals surface area contributed by atoms with Gasteiger partial charge in [-0.05, 0) is 64.8 Å². The van der Waals surface area contributed by atoms with Gasteiger partial charge in [0, 0.05) is 17.9 Å². The monoisotopic (exact) mass is 423 g/mol. The molecule has 0 amide bonds. The minimum atomic E-state index is -3.83. The Hall–Kier alpha value is -2.10. The number of carbonyl (C=O) groups excluding carboxylic acids is 1. The summed E-state index contributed by atoms with van der Waals surface area (Å²) in [6.07, 6.45) is 3.48. The number of piperidine rings is 1. The van der Waals surface area contributed by atoms with Crippen LogP contribution >= 0.6 is 0 Å². The van der Waals surface area contributed by atoms with E-state index in [9.17, 15) is 13.2 Å². The van der Waals surface area contributed by atoms with Crippen LogP contribution < -0.4 is 4.72 Å². The first-order valence-electron chi connectivity index (χ1n) is 9.92. The first-order chi connectivity index (χ1) is 13.8. The quantitative estimate of drug-likeness (QED) is 0.633. The number of aromatic amines is 1. The molecule has 1 fully saturated rings. The minimum Gasteiger partial charge on any atom is -0.468 e. The highest BCUT2D eigenvalue weighted by atomic mass is 32.2. The summed E-state index contributed by atoms with van der Waals surface area (Å²) in [7, 11) is -3.83. The molecule has 2 aromatic rings. The number of H-pyrrole nitrogens is 1. The Morgan fingerprint density at radius 2 is 2.03 bits per heavy atom. The molecule has 1 aliphatic rings. The van der Waals surface area contributed by atoms with Gasteiger partial charge in [0.05, 0.1) is 19.4 Å². The minimum absolute atomic E-state index is 0.0105. The molecule has 0 aliphatic carbocycles. The Kier molecular flexibility index (Phi) is 6.81. The second-order valence-electron chi connectivity index (χ2n) is 7.45. The Morgan fingerprint density at radius 1 is 1.31 bits per heavy atom.